The van der Waals surface area contributed by atoms with Crippen LogP contribution in [0.1, 0.15) is 46.2 Å². The van der Waals surface area contributed by atoms with Crippen LogP contribution in [0.15, 0.2) is 22.8 Å². The van der Waals surface area contributed by atoms with E-state index in [2.05, 4.69) is 31.4 Å². The number of halogens is 1. The molecule has 7 nitrogen and oxygen atoms in total. The molecule has 8 heteroatoms. The van der Waals surface area contributed by atoms with Crippen molar-refractivity contribution in [2.75, 3.05) is 0 Å². The molecule has 1 unspecified atom stereocenters. The maximum atomic E-state index is 12.8. The number of amides is 2. The molecule has 0 aliphatic heterocycles. The zero-order valence-electron chi connectivity index (χ0n) is 13.5. The van der Waals surface area contributed by atoms with Crippen LogP contribution in [-0.4, -0.2) is 28.1 Å². The minimum Gasteiger partial charge on any atom is -0.364 e. The number of nitriles is 1. The van der Waals surface area contributed by atoms with E-state index in [1.165, 1.54) is 12.3 Å². The normalized spacial score (nSPS) is 14.6. The van der Waals surface area contributed by atoms with Gasteiger partial charge >= 0.3 is 0 Å². The molecule has 2 aromatic rings. The van der Waals surface area contributed by atoms with Crippen molar-refractivity contribution in [3.63, 3.8) is 0 Å². The first kappa shape index (κ1) is 17.2. The van der Waals surface area contributed by atoms with Gasteiger partial charge in [0.15, 0.2) is 0 Å². The average molecular weight is 402 g/mol. The number of hydrogen-bond donors (Lipinski definition) is 3. The maximum Gasteiger partial charge on any atom is 0.267 e. The van der Waals surface area contributed by atoms with E-state index in [-0.39, 0.29) is 17.6 Å². The van der Waals surface area contributed by atoms with Gasteiger partial charge in [0.05, 0.1) is 17.8 Å². The van der Waals surface area contributed by atoms with Crippen LogP contribution in [0, 0.1) is 17.2 Å². The summed E-state index contributed by atoms with van der Waals surface area (Å²) >= 11 is 3.39. The fourth-order valence-corrected chi connectivity index (χ4v) is 3.46. The summed E-state index contributed by atoms with van der Waals surface area (Å²) in [5.41, 5.74) is 7.00. The third-order valence-electron chi connectivity index (χ3n) is 4.31. The molecule has 4 N–H and O–H groups in total. The summed E-state index contributed by atoms with van der Waals surface area (Å²) in [7, 11) is 0. The van der Waals surface area contributed by atoms with Crippen molar-refractivity contribution in [1.82, 2.24) is 15.5 Å². The second kappa shape index (κ2) is 6.69. The van der Waals surface area contributed by atoms with Crippen LogP contribution in [0.5, 0.6) is 0 Å². The van der Waals surface area contributed by atoms with Crippen LogP contribution in [0.25, 0.3) is 11.1 Å². The standard InChI is InChI=1S/C17H16BrN5O2/c1-8(10-2-3-10)22-17(25)11-4-9(6-19)5-13(18)14(11)12-7-21-23-15(12)16(20)24/h4-5,7-8,10H,2-3H2,1H3,(H2,20,24)(H,21,23)(H,22,25). The summed E-state index contributed by atoms with van der Waals surface area (Å²) in [4.78, 5) is 24.4. The summed E-state index contributed by atoms with van der Waals surface area (Å²) in [5.74, 6) is -0.490. The highest BCUT2D eigenvalue weighted by atomic mass is 79.9. The van der Waals surface area contributed by atoms with E-state index >= 15 is 0 Å². The van der Waals surface area contributed by atoms with Gasteiger partial charge in [-0.2, -0.15) is 10.4 Å². The lowest BCUT2D eigenvalue weighted by atomic mass is 9.96. The number of primary amides is 1. The minimum absolute atomic E-state index is 0.0461. The molecule has 3 rings (SSSR count). The van der Waals surface area contributed by atoms with Crippen molar-refractivity contribution in [2.24, 2.45) is 11.7 Å². The smallest absolute Gasteiger partial charge is 0.267 e. The van der Waals surface area contributed by atoms with Crippen molar-refractivity contribution >= 4 is 27.7 Å². The van der Waals surface area contributed by atoms with Crippen molar-refractivity contribution in [1.29, 1.82) is 5.26 Å². The first-order chi connectivity index (χ1) is 11.9. The van der Waals surface area contributed by atoms with Crippen LogP contribution in [0.4, 0.5) is 0 Å². The van der Waals surface area contributed by atoms with E-state index in [1.807, 2.05) is 13.0 Å². The summed E-state index contributed by atoms with van der Waals surface area (Å²) in [5, 5.41) is 18.6. The number of nitrogens with two attached hydrogens (primary N) is 1. The lowest BCUT2D eigenvalue weighted by Crippen LogP contribution is -2.34. The summed E-state index contributed by atoms with van der Waals surface area (Å²) in [6.07, 6.45) is 3.64. The number of benzene rings is 1. The van der Waals surface area contributed by atoms with E-state index in [1.54, 1.807) is 6.07 Å². The Labute approximate surface area is 152 Å². The van der Waals surface area contributed by atoms with Gasteiger partial charge in [-0.3, -0.25) is 14.7 Å². The van der Waals surface area contributed by atoms with Gasteiger partial charge in [0.1, 0.15) is 5.69 Å². The maximum absolute atomic E-state index is 12.8. The summed E-state index contributed by atoms with van der Waals surface area (Å²) in [6.45, 7) is 1.96. The Bertz CT molecular complexity index is 895. The van der Waals surface area contributed by atoms with Gasteiger partial charge in [-0.25, -0.2) is 0 Å². The first-order valence-corrected chi connectivity index (χ1v) is 8.59. The van der Waals surface area contributed by atoms with Crippen molar-refractivity contribution < 1.29 is 9.59 Å². The van der Waals surface area contributed by atoms with Crippen LogP contribution in [0.2, 0.25) is 0 Å². The Morgan fingerprint density at radius 1 is 1.48 bits per heavy atom. The van der Waals surface area contributed by atoms with E-state index in [0.717, 1.165) is 12.8 Å². The number of H-pyrrole nitrogens is 1. The highest BCUT2D eigenvalue weighted by Crippen LogP contribution is 2.36. The van der Waals surface area contributed by atoms with E-state index in [4.69, 9.17) is 5.73 Å². The Morgan fingerprint density at radius 2 is 2.20 bits per heavy atom. The third kappa shape index (κ3) is 3.42. The number of aromatic amines is 1. The zero-order chi connectivity index (χ0) is 18.1. The highest BCUT2D eigenvalue weighted by Gasteiger charge is 2.30. The molecule has 0 bridgehead atoms. The molecule has 1 aromatic heterocycles. The second-order valence-electron chi connectivity index (χ2n) is 6.11. The third-order valence-corrected chi connectivity index (χ3v) is 4.93. The van der Waals surface area contributed by atoms with Gasteiger partial charge in [0.2, 0.25) is 0 Å². The molecular weight excluding hydrogens is 386 g/mol. The molecule has 25 heavy (non-hydrogen) atoms. The molecule has 2 amide bonds. The SMILES string of the molecule is CC(NC(=O)c1cc(C#N)cc(Br)c1-c1cn[nH]c1C(N)=O)C1CC1. The van der Waals surface area contributed by atoms with E-state index in [0.29, 0.717) is 32.6 Å². The molecule has 0 radical (unpaired) electrons. The molecule has 1 fully saturated rings. The van der Waals surface area contributed by atoms with Crippen molar-refractivity contribution in [2.45, 2.75) is 25.8 Å². The number of rotatable bonds is 5. The van der Waals surface area contributed by atoms with Gasteiger partial charge in [0.25, 0.3) is 11.8 Å². The molecule has 1 aromatic carbocycles. The Hall–Kier alpha value is -2.66. The Morgan fingerprint density at radius 3 is 2.80 bits per heavy atom. The Kier molecular flexibility index (Phi) is 4.59. The fraction of sp³-hybridized carbons (Fsp3) is 0.294. The van der Waals surface area contributed by atoms with Gasteiger partial charge in [-0.15, -0.1) is 0 Å². The number of nitrogens with zero attached hydrogens (tertiary/aromatic N) is 2. The fourth-order valence-electron chi connectivity index (χ4n) is 2.79. The number of nitrogens with one attached hydrogen (secondary N) is 2. The summed E-state index contributed by atoms with van der Waals surface area (Å²) < 4.78 is 0.514. The lowest BCUT2D eigenvalue weighted by Gasteiger charge is -2.16. The summed E-state index contributed by atoms with van der Waals surface area (Å²) in [6, 6.07) is 5.18. The van der Waals surface area contributed by atoms with Crippen LogP contribution < -0.4 is 11.1 Å². The average Bonchev–Trinajstić information content (AvgIpc) is 3.31. The monoisotopic (exact) mass is 401 g/mol. The molecule has 1 aliphatic rings. The molecule has 128 valence electrons. The number of hydrogen-bond acceptors (Lipinski definition) is 4. The molecule has 1 saturated carbocycles. The van der Waals surface area contributed by atoms with Gasteiger partial charge in [0, 0.05) is 27.2 Å². The molecule has 1 heterocycles. The molecule has 1 aliphatic carbocycles. The van der Waals surface area contributed by atoms with Crippen LogP contribution in [0.3, 0.4) is 0 Å². The van der Waals surface area contributed by atoms with Crippen molar-refractivity contribution in [3.05, 3.63) is 39.6 Å². The van der Waals surface area contributed by atoms with Crippen LogP contribution >= 0.6 is 15.9 Å². The van der Waals surface area contributed by atoms with Gasteiger partial charge < -0.3 is 11.1 Å². The predicted molar refractivity (Wildman–Crippen MR) is 94.6 cm³/mol. The van der Waals surface area contributed by atoms with Crippen LogP contribution in [-0.2, 0) is 0 Å². The zero-order valence-corrected chi connectivity index (χ0v) is 15.1. The largest absolute Gasteiger partial charge is 0.364 e. The van der Waals surface area contributed by atoms with Gasteiger partial charge in [-0.05, 0) is 37.8 Å². The molecular formula is C17H16BrN5O2. The molecule has 1 atom stereocenters. The first-order valence-electron chi connectivity index (χ1n) is 7.80. The topological polar surface area (TPSA) is 125 Å². The van der Waals surface area contributed by atoms with Gasteiger partial charge in [-0.1, -0.05) is 15.9 Å². The van der Waals surface area contributed by atoms with Crippen molar-refractivity contribution in [3.8, 4) is 17.2 Å². The minimum atomic E-state index is -0.679. The molecule has 0 saturated heterocycles. The number of carbonyl (C=O) groups is 2. The number of carbonyl (C=O) groups excluding carboxylic acids is 2. The highest BCUT2D eigenvalue weighted by molar-refractivity contribution is 9.10. The Balaban J connectivity index is 2.10. The number of aromatic nitrogens is 2. The predicted octanol–water partition coefficient (Wildman–Crippen LogP) is 2.34. The quantitative estimate of drug-likeness (QED) is 0.710. The van der Waals surface area contributed by atoms with E-state index < -0.39 is 5.91 Å². The lowest BCUT2D eigenvalue weighted by molar-refractivity contribution is 0.0934. The second-order valence-corrected chi connectivity index (χ2v) is 6.97. The molecule has 0 spiro atoms. The van der Waals surface area contributed by atoms with E-state index in [9.17, 15) is 14.9 Å².